The van der Waals surface area contributed by atoms with Crippen LogP contribution in [-0.2, 0) is 10.0 Å². The number of urea groups is 1. The van der Waals surface area contributed by atoms with Crippen LogP contribution in [0.25, 0.3) is 0 Å². The van der Waals surface area contributed by atoms with Gasteiger partial charge in [0.25, 0.3) is 0 Å². The first kappa shape index (κ1) is 7.33. The molecular formula is C4H8N2O3S. The summed E-state index contributed by atoms with van der Waals surface area (Å²) in [7, 11) is -3.41. The average Bonchev–Trinajstić information content (AvgIpc) is 2.35. The van der Waals surface area contributed by atoms with Crippen LogP contribution in [0.3, 0.4) is 0 Å². The highest BCUT2D eigenvalue weighted by Gasteiger charge is 2.36. The first-order valence-corrected chi connectivity index (χ1v) is 4.38. The standard InChI is InChI=1S/C4H8N2O3S/c5-4(7)6-10(8,9)3-1-2-3/h3H,1-2H2,(H3,5,6,7). The molecule has 0 aromatic heterocycles. The van der Waals surface area contributed by atoms with Crippen molar-refractivity contribution in [2.75, 3.05) is 0 Å². The molecule has 6 heteroatoms. The van der Waals surface area contributed by atoms with Crippen molar-refractivity contribution < 1.29 is 13.2 Å². The number of hydrogen-bond acceptors (Lipinski definition) is 3. The third-order valence-corrected chi connectivity index (χ3v) is 3.04. The number of nitrogens with two attached hydrogens (primary N) is 1. The highest BCUT2D eigenvalue weighted by molar-refractivity contribution is 7.90. The Hall–Kier alpha value is -0.780. The number of amides is 2. The summed E-state index contributed by atoms with van der Waals surface area (Å²) >= 11 is 0. The molecule has 5 nitrogen and oxygen atoms in total. The fourth-order valence-corrected chi connectivity index (χ4v) is 1.81. The second-order valence-corrected chi connectivity index (χ2v) is 4.17. The smallest absolute Gasteiger partial charge is 0.325 e. The van der Waals surface area contributed by atoms with Gasteiger partial charge < -0.3 is 5.73 Å². The van der Waals surface area contributed by atoms with Crippen LogP contribution in [0.5, 0.6) is 0 Å². The summed E-state index contributed by atoms with van der Waals surface area (Å²) in [5.41, 5.74) is 4.61. The van der Waals surface area contributed by atoms with Gasteiger partial charge in [0.15, 0.2) is 0 Å². The lowest BCUT2D eigenvalue weighted by Crippen LogP contribution is -2.37. The molecule has 0 aromatic carbocycles. The first-order chi connectivity index (χ1) is 4.52. The Balaban J connectivity index is 2.60. The zero-order valence-corrected chi connectivity index (χ0v) is 6.02. The maximum atomic E-state index is 10.8. The Morgan fingerprint density at radius 1 is 1.50 bits per heavy atom. The Kier molecular flexibility index (Phi) is 1.55. The van der Waals surface area contributed by atoms with Gasteiger partial charge in [-0.3, -0.25) is 0 Å². The summed E-state index contributed by atoms with van der Waals surface area (Å²) in [6.45, 7) is 0. The molecule has 0 aliphatic heterocycles. The van der Waals surface area contributed by atoms with E-state index in [-0.39, 0.29) is 5.25 Å². The maximum absolute atomic E-state index is 10.8. The summed E-state index contributed by atoms with van der Waals surface area (Å²) in [6.07, 6.45) is 1.26. The van der Waals surface area contributed by atoms with Gasteiger partial charge in [-0.1, -0.05) is 0 Å². The molecule has 58 valence electrons. The Morgan fingerprint density at radius 3 is 2.30 bits per heavy atom. The number of carbonyl (C=O) groups excluding carboxylic acids is 1. The van der Waals surface area contributed by atoms with E-state index in [9.17, 15) is 13.2 Å². The molecule has 0 atom stereocenters. The van der Waals surface area contributed by atoms with E-state index in [1.807, 2.05) is 0 Å². The second kappa shape index (κ2) is 2.12. The van der Waals surface area contributed by atoms with Crippen molar-refractivity contribution in [2.24, 2.45) is 5.73 Å². The van der Waals surface area contributed by atoms with Crippen LogP contribution in [0.15, 0.2) is 0 Å². The van der Waals surface area contributed by atoms with E-state index in [0.717, 1.165) is 0 Å². The van der Waals surface area contributed by atoms with Crippen molar-refractivity contribution in [1.82, 2.24) is 4.72 Å². The summed E-state index contributed by atoms with van der Waals surface area (Å²) in [5, 5.41) is -0.389. The molecule has 0 bridgehead atoms. The lowest BCUT2D eigenvalue weighted by molar-refractivity contribution is 0.253. The van der Waals surface area contributed by atoms with Gasteiger partial charge in [0.05, 0.1) is 5.25 Å². The number of primary amides is 1. The molecule has 1 rings (SSSR count). The number of hydrogen-bond donors (Lipinski definition) is 2. The third kappa shape index (κ3) is 1.60. The zero-order valence-electron chi connectivity index (χ0n) is 5.20. The maximum Gasteiger partial charge on any atom is 0.325 e. The summed E-state index contributed by atoms with van der Waals surface area (Å²) in [5.74, 6) is 0. The predicted molar refractivity (Wildman–Crippen MR) is 34.7 cm³/mol. The lowest BCUT2D eigenvalue weighted by atomic mass is 11.0. The van der Waals surface area contributed by atoms with E-state index in [0.29, 0.717) is 12.8 Å². The minimum atomic E-state index is -3.41. The van der Waals surface area contributed by atoms with Crippen LogP contribution >= 0.6 is 0 Å². The van der Waals surface area contributed by atoms with Gasteiger partial charge >= 0.3 is 6.03 Å². The molecule has 0 heterocycles. The van der Waals surface area contributed by atoms with Crippen molar-refractivity contribution in [3.05, 3.63) is 0 Å². The quantitative estimate of drug-likeness (QED) is 0.557. The van der Waals surface area contributed by atoms with Crippen LogP contribution in [0.1, 0.15) is 12.8 Å². The SMILES string of the molecule is NC(=O)NS(=O)(=O)C1CC1. The van der Waals surface area contributed by atoms with Gasteiger partial charge in [-0.2, -0.15) is 0 Å². The monoisotopic (exact) mass is 164 g/mol. The van der Waals surface area contributed by atoms with Gasteiger partial charge in [-0.15, -0.1) is 0 Å². The summed E-state index contributed by atoms with van der Waals surface area (Å²) in [4.78, 5) is 10.1. The topological polar surface area (TPSA) is 89.3 Å². The van der Waals surface area contributed by atoms with Crippen molar-refractivity contribution in [2.45, 2.75) is 18.1 Å². The molecule has 10 heavy (non-hydrogen) atoms. The normalized spacial score (nSPS) is 18.4. The number of carbonyl (C=O) groups is 1. The zero-order chi connectivity index (χ0) is 7.78. The van der Waals surface area contributed by atoms with Gasteiger partial charge in [0.2, 0.25) is 10.0 Å². The highest BCUT2D eigenvalue weighted by atomic mass is 32.2. The van der Waals surface area contributed by atoms with Crippen LogP contribution in [0.4, 0.5) is 4.79 Å². The van der Waals surface area contributed by atoms with Crippen molar-refractivity contribution >= 4 is 16.1 Å². The fourth-order valence-electron chi connectivity index (χ4n) is 0.602. The number of nitrogens with one attached hydrogen (secondary N) is 1. The Bertz CT molecular complexity index is 241. The van der Waals surface area contributed by atoms with Gasteiger partial charge in [-0.25, -0.2) is 17.9 Å². The molecule has 1 saturated carbocycles. The molecule has 0 unspecified atom stereocenters. The number of sulfonamides is 1. The van der Waals surface area contributed by atoms with Crippen LogP contribution < -0.4 is 10.5 Å². The Morgan fingerprint density at radius 2 is 2.00 bits per heavy atom. The third-order valence-electron chi connectivity index (χ3n) is 1.21. The average molecular weight is 164 g/mol. The van der Waals surface area contributed by atoms with Crippen molar-refractivity contribution in [1.29, 1.82) is 0 Å². The largest absolute Gasteiger partial charge is 0.351 e. The molecule has 0 saturated heterocycles. The summed E-state index contributed by atoms with van der Waals surface area (Å²) < 4.78 is 23.3. The van der Waals surface area contributed by atoms with Gasteiger partial charge in [0, 0.05) is 0 Å². The molecule has 1 aliphatic rings. The summed E-state index contributed by atoms with van der Waals surface area (Å²) in [6, 6.07) is -1.01. The van der Waals surface area contributed by atoms with E-state index >= 15 is 0 Å². The molecule has 0 radical (unpaired) electrons. The molecule has 0 aromatic rings. The van der Waals surface area contributed by atoms with Crippen molar-refractivity contribution in [3.63, 3.8) is 0 Å². The van der Waals surface area contributed by atoms with Crippen LogP contribution in [0.2, 0.25) is 0 Å². The fraction of sp³-hybridized carbons (Fsp3) is 0.750. The second-order valence-electron chi connectivity index (χ2n) is 2.21. The van der Waals surface area contributed by atoms with E-state index in [2.05, 4.69) is 5.73 Å². The van der Waals surface area contributed by atoms with E-state index in [1.165, 1.54) is 0 Å². The lowest BCUT2D eigenvalue weighted by Gasteiger charge is -1.99. The van der Waals surface area contributed by atoms with Crippen LogP contribution in [0, 0.1) is 0 Å². The molecule has 3 N–H and O–H groups in total. The minimum Gasteiger partial charge on any atom is -0.351 e. The van der Waals surface area contributed by atoms with Crippen molar-refractivity contribution in [3.8, 4) is 0 Å². The van der Waals surface area contributed by atoms with Gasteiger partial charge in [0.1, 0.15) is 0 Å². The minimum absolute atomic E-state index is 0.389. The van der Waals surface area contributed by atoms with Gasteiger partial charge in [-0.05, 0) is 12.8 Å². The van der Waals surface area contributed by atoms with E-state index in [1.54, 1.807) is 4.72 Å². The van der Waals surface area contributed by atoms with Crippen LogP contribution in [-0.4, -0.2) is 19.7 Å². The van der Waals surface area contributed by atoms with E-state index in [4.69, 9.17) is 0 Å². The molecule has 2 amide bonds. The molecule has 1 aliphatic carbocycles. The number of rotatable bonds is 2. The molecular weight excluding hydrogens is 156 g/mol. The Labute approximate surface area is 58.6 Å². The predicted octanol–water partition coefficient (Wildman–Crippen LogP) is -0.853. The highest BCUT2D eigenvalue weighted by Crippen LogP contribution is 2.26. The molecule has 1 fully saturated rings. The first-order valence-electron chi connectivity index (χ1n) is 2.83. The van der Waals surface area contributed by atoms with E-state index < -0.39 is 16.1 Å². The molecule has 0 spiro atoms.